The van der Waals surface area contributed by atoms with Crippen molar-refractivity contribution in [1.29, 1.82) is 0 Å². The summed E-state index contributed by atoms with van der Waals surface area (Å²) in [6.45, 7) is 0. The molecule has 0 aliphatic rings. The van der Waals surface area contributed by atoms with E-state index < -0.39 is 0 Å². The van der Waals surface area contributed by atoms with Crippen LogP contribution in [0.5, 0.6) is 0 Å². The molecule has 0 aromatic carbocycles. The Morgan fingerprint density at radius 1 is 1.56 bits per heavy atom. The van der Waals surface area contributed by atoms with E-state index in [9.17, 15) is 0 Å². The lowest BCUT2D eigenvalue weighted by atomic mass is 10.5. The smallest absolute Gasteiger partial charge is 0.108 e. The Morgan fingerprint density at radius 3 is 2.67 bits per heavy atom. The molecule has 4 heteroatoms. The molecule has 1 nitrogen and oxygen atoms in total. The van der Waals surface area contributed by atoms with Crippen LogP contribution in [0.1, 0.15) is 0 Å². The highest BCUT2D eigenvalue weighted by Gasteiger charge is 1.93. The Balaban J connectivity index is 3.17. The largest absolute Gasteiger partial charge is 0.235 e. The lowest BCUT2D eigenvalue weighted by molar-refractivity contribution is 1.23. The normalized spacial score (nSPS) is 9.67. The third-order valence-corrected chi connectivity index (χ3v) is 1.90. The summed E-state index contributed by atoms with van der Waals surface area (Å²) in [4.78, 5) is 4.05. The van der Waals surface area contributed by atoms with Crippen molar-refractivity contribution in [3.8, 4) is 0 Å². The van der Waals surface area contributed by atoms with Crippen LogP contribution in [0.4, 0.5) is 0 Å². The fourth-order valence-corrected chi connectivity index (χ4v) is 2.32. The first-order chi connectivity index (χ1) is 4.18. The number of pyridine rings is 1. The molecule has 0 bridgehead atoms. The highest BCUT2D eigenvalue weighted by atomic mass is 127. The number of nitrogens with zero attached hydrogens (tertiary/aromatic N) is 1. The Kier molecular flexibility index (Phi) is 2.73. The summed E-state index contributed by atoms with van der Waals surface area (Å²) in [5.74, 6) is 0. The first-order valence-corrected chi connectivity index (χ1v) is 4.42. The van der Waals surface area contributed by atoms with Crippen LogP contribution >= 0.6 is 50.1 Å². The summed E-state index contributed by atoms with van der Waals surface area (Å²) >= 11 is 11.0. The molecule has 0 aliphatic heterocycles. The van der Waals surface area contributed by atoms with Crippen molar-refractivity contribution in [1.82, 2.24) is 4.98 Å². The van der Waals surface area contributed by atoms with Crippen LogP contribution in [0.2, 0.25) is 5.02 Å². The van der Waals surface area contributed by atoms with Crippen LogP contribution in [-0.4, -0.2) is 4.98 Å². The van der Waals surface area contributed by atoms with Crippen LogP contribution in [0, 0.1) is 3.70 Å². The van der Waals surface area contributed by atoms with Gasteiger partial charge in [-0.05, 0) is 50.7 Å². The van der Waals surface area contributed by atoms with E-state index in [-0.39, 0.29) is 0 Å². The average Bonchev–Trinajstić information content (AvgIpc) is 1.59. The second kappa shape index (κ2) is 3.16. The van der Waals surface area contributed by atoms with Gasteiger partial charge in [-0.1, -0.05) is 11.6 Å². The van der Waals surface area contributed by atoms with Crippen molar-refractivity contribution < 1.29 is 0 Å². The number of halogens is 3. The lowest BCUT2D eigenvalue weighted by Gasteiger charge is -1.91. The molecule has 0 unspecified atom stereocenters. The minimum atomic E-state index is 0.710. The van der Waals surface area contributed by atoms with Gasteiger partial charge in [0.2, 0.25) is 0 Å². The summed E-state index contributed by atoms with van der Waals surface area (Å²) in [5.41, 5.74) is 0. The third kappa shape index (κ3) is 2.39. The molecule has 0 saturated heterocycles. The minimum Gasteiger partial charge on any atom is -0.235 e. The molecule has 0 atom stereocenters. The SMILES string of the molecule is Clc1cc(Br)nc(I)c1. The Labute approximate surface area is 80.1 Å². The van der Waals surface area contributed by atoms with E-state index in [2.05, 4.69) is 43.5 Å². The highest BCUT2D eigenvalue weighted by Crippen LogP contribution is 2.16. The standard InChI is InChI=1S/C5H2BrClIN/c6-4-1-3(7)2-5(8)9-4/h1-2H. The third-order valence-electron chi connectivity index (χ3n) is 0.728. The zero-order valence-corrected chi connectivity index (χ0v) is 8.74. The number of rotatable bonds is 0. The Bertz CT molecular complexity index is 178. The van der Waals surface area contributed by atoms with E-state index in [1.165, 1.54) is 0 Å². The second-order valence-corrected chi connectivity index (χ2v) is 3.78. The van der Waals surface area contributed by atoms with E-state index in [4.69, 9.17) is 11.6 Å². The molecule has 0 aliphatic carbocycles. The van der Waals surface area contributed by atoms with Crippen molar-refractivity contribution in [2.24, 2.45) is 0 Å². The Morgan fingerprint density at radius 2 is 2.22 bits per heavy atom. The van der Waals surface area contributed by atoms with Gasteiger partial charge in [-0.3, -0.25) is 0 Å². The molecule has 1 aromatic rings. The maximum Gasteiger partial charge on any atom is 0.108 e. The maximum absolute atomic E-state index is 5.68. The fourth-order valence-electron chi connectivity index (χ4n) is 0.436. The van der Waals surface area contributed by atoms with Gasteiger partial charge in [0.1, 0.15) is 8.30 Å². The van der Waals surface area contributed by atoms with Crippen LogP contribution in [0.3, 0.4) is 0 Å². The van der Waals surface area contributed by atoms with Gasteiger partial charge in [-0.2, -0.15) is 0 Å². The van der Waals surface area contributed by atoms with Gasteiger partial charge in [0.15, 0.2) is 0 Å². The second-order valence-electron chi connectivity index (χ2n) is 1.43. The van der Waals surface area contributed by atoms with Crippen LogP contribution in [-0.2, 0) is 0 Å². The van der Waals surface area contributed by atoms with Gasteiger partial charge in [-0.25, -0.2) is 4.98 Å². The van der Waals surface area contributed by atoms with Gasteiger partial charge in [0.05, 0.1) is 0 Å². The summed E-state index contributed by atoms with van der Waals surface area (Å²) in [7, 11) is 0. The topological polar surface area (TPSA) is 12.9 Å². The first kappa shape index (κ1) is 7.75. The number of aromatic nitrogens is 1. The summed E-state index contributed by atoms with van der Waals surface area (Å²) in [6.07, 6.45) is 0. The zero-order valence-electron chi connectivity index (χ0n) is 4.24. The fraction of sp³-hybridized carbons (Fsp3) is 0. The van der Waals surface area contributed by atoms with Crippen molar-refractivity contribution in [3.05, 3.63) is 25.5 Å². The predicted molar refractivity (Wildman–Crippen MR) is 49.7 cm³/mol. The molecular formula is C5H2BrClIN. The summed E-state index contributed by atoms with van der Waals surface area (Å²) < 4.78 is 1.67. The number of hydrogen-bond donors (Lipinski definition) is 0. The van der Waals surface area contributed by atoms with Gasteiger partial charge in [0, 0.05) is 5.02 Å². The van der Waals surface area contributed by atoms with Gasteiger partial charge < -0.3 is 0 Å². The quantitative estimate of drug-likeness (QED) is 0.529. The van der Waals surface area contributed by atoms with Crippen molar-refractivity contribution in [2.75, 3.05) is 0 Å². The van der Waals surface area contributed by atoms with Gasteiger partial charge in [-0.15, -0.1) is 0 Å². The molecule has 1 rings (SSSR count). The maximum atomic E-state index is 5.68. The highest BCUT2D eigenvalue weighted by molar-refractivity contribution is 14.1. The average molecular weight is 318 g/mol. The first-order valence-electron chi connectivity index (χ1n) is 2.17. The molecule has 9 heavy (non-hydrogen) atoms. The summed E-state index contributed by atoms with van der Waals surface area (Å²) in [6, 6.07) is 3.55. The molecule has 0 N–H and O–H groups in total. The van der Waals surface area contributed by atoms with E-state index in [1.54, 1.807) is 12.1 Å². The zero-order chi connectivity index (χ0) is 6.85. The molecule has 0 radical (unpaired) electrons. The minimum absolute atomic E-state index is 0.710. The van der Waals surface area contributed by atoms with Gasteiger partial charge in [0.25, 0.3) is 0 Å². The van der Waals surface area contributed by atoms with Crippen molar-refractivity contribution in [2.45, 2.75) is 0 Å². The van der Waals surface area contributed by atoms with E-state index in [0.717, 1.165) is 8.30 Å². The number of hydrogen-bond acceptors (Lipinski definition) is 1. The van der Waals surface area contributed by atoms with Crippen LogP contribution < -0.4 is 0 Å². The van der Waals surface area contributed by atoms with E-state index in [0.29, 0.717) is 5.02 Å². The molecule has 0 amide bonds. The molecular weight excluding hydrogens is 316 g/mol. The van der Waals surface area contributed by atoms with E-state index >= 15 is 0 Å². The molecule has 1 heterocycles. The van der Waals surface area contributed by atoms with Gasteiger partial charge >= 0.3 is 0 Å². The molecule has 1 aromatic heterocycles. The Hall–Kier alpha value is 0.650. The molecule has 48 valence electrons. The van der Waals surface area contributed by atoms with E-state index in [1.807, 2.05) is 0 Å². The van der Waals surface area contributed by atoms with Crippen molar-refractivity contribution in [3.63, 3.8) is 0 Å². The van der Waals surface area contributed by atoms with Crippen molar-refractivity contribution >= 4 is 50.1 Å². The molecule has 0 fully saturated rings. The molecule has 0 saturated carbocycles. The van der Waals surface area contributed by atoms with Crippen LogP contribution in [0.25, 0.3) is 0 Å². The van der Waals surface area contributed by atoms with Crippen LogP contribution in [0.15, 0.2) is 16.7 Å². The monoisotopic (exact) mass is 317 g/mol. The predicted octanol–water partition coefficient (Wildman–Crippen LogP) is 3.10. The summed E-state index contributed by atoms with van der Waals surface area (Å²) in [5, 5.41) is 0.710. The lowest BCUT2D eigenvalue weighted by Crippen LogP contribution is -1.79. The molecule has 0 spiro atoms.